The van der Waals surface area contributed by atoms with Crippen LogP contribution in [-0.2, 0) is 16.0 Å². The molecule has 0 bridgehead atoms. The quantitative estimate of drug-likeness (QED) is 0.424. The molecule has 1 atom stereocenters. The second-order valence-corrected chi connectivity index (χ2v) is 6.94. The molecule has 0 N–H and O–H groups in total. The van der Waals surface area contributed by atoms with Gasteiger partial charge in [-0.3, -0.25) is 4.79 Å². The van der Waals surface area contributed by atoms with Crippen molar-refractivity contribution in [2.24, 2.45) is 15.6 Å². The van der Waals surface area contributed by atoms with Crippen LogP contribution in [0.1, 0.15) is 37.8 Å². The van der Waals surface area contributed by atoms with Crippen LogP contribution >= 0.6 is 0 Å². The molecule has 0 aromatic heterocycles. The number of benzene rings is 2. The highest BCUT2D eigenvalue weighted by Crippen LogP contribution is 2.39. The largest absolute Gasteiger partial charge is 0.468 e. The molecule has 2 aromatic rings. The van der Waals surface area contributed by atoms with Crippen LogP contribution in [0.15, 0.2) is 77.0 Å². The minimum absolute atomic E-state index is 0.190. The zero-order valence-corrected chi connectivity index (χ0v) is 16.7. The van der Waals surface area contributed by atoms with Crippen molar-refractivity contribution in [3.05, 3.63) is 77.9 Å². The molecular formula is C24H26N2O2. The van der Waals surface area contributed by atoms with Gasteiger partial charge >= 0.3 is 5.97 Å². The number of esters is 1. The molecule has 1 aliphatic carbocycles. The summed E-state index contributed by atoms with van der Waals surface area (Å²) in [6.45, 7) is 4.13. The standard InChI is InChI=1S/C24H26N2O2/c1-4-18-9-8-10-20(17-18)25-26-22-12-7-6-11-21(22)19-13-15-24(5-2,16-14-19)23(27)28-3/h6-15,17H,4-5,16H2,1-3H3. The van der Waals surface area contributed by atoms with Crippen LogP contribution in [0, 0.1) is 5.41 Å². The summed E-state index contributed by atoms with van der Waals surface area (Å²) >= 11 is 0. The minimum atomic E-state index is -0.574. The SMILES string of the molecule is CCc1cccc(N=Nc2ccccc2C2=CCC(CC)(C(=O)OC)C=C2)c1. The summed E-state index contributed by atoms with van der Waals surface area (Å²) in [4.78, 5) is 12.2. The number of allylic oxidation sites excluding steroid dienone is 3. The molecule has 28 heavy (non-hydrogen) atoms. The van der Waals surface area contributed by atoms with Gasteiger partial charge in [0, 0.05) is 5.56 Å². The Morgan fingerprint density at radius 1 is 1.11 bits per heavy atom. The third-order valence-corrected chi connectivity index (χ3v) is 5.30. The van der Waals surface area contributed by atoms with Gasteiger partial charge in [-0.25, -0.2) is 0 Å². The summed E-state index contributed by atoms with van der Waals surface area (Å²) in [6.07, 6.45) is 8.34. The van der Waals surface area contributed by atoms with Crippen LogP contribution in [0.3, 0.4) is 0 Å². The van der Waals surface area contributed by atoms with Gasteiger partial charge in [0.15, 0.2) is 0 Å². The number of methoxy groups -OCH3 is 1. The molecule has 2 aromatic carbocycles. The number of carbonyl (C=O) groups excluding carboxylic acids is 1. The maximum atomic E-state index is 12.2. The first-order chi connectivity index (χ1) is 13.6. The highest BCUT2D eigenvalue weighted by atomic mass is 16.5. The molecule has 0 saturated heterocycles. The molecule has 0 heterocycles. The Balaban J connectivity index is 1.87. The number of nitrogens with zero attached hydrogens (tertiary/aromatic N) is 2. The molecule has 3 rings (SSSR count). The van der Waals surface area contributed by atoms with Crippen LogP contribution in [0.25, 0.3) is 5.57 Å². The Morgan fingerprint density at radius 2 is 1.93 bits per heavy atom. The van der Waals surface area contributed by atoms with E-state index >= 15 is 0 Å². The molecule has 0 spiro atoms. The van der Waals surface area contributed by atoms with Gasteiger partial charge < -0.3 is 4.74 Å². The highest BCUT2D eigenvalue weighted by molar-refractivity contribution is 5.86. The normalized spacial score (nSPS) is 18.9. The molecule has 4 nitrogen and oxygen atoms in total. The monoisotopic (exact) mass is 374 g/mol. The molecule has 1 aliphatic rings. The first kappa shape index (κ1) is 19.7. The van der Waals surface area contributed by atoms with Crippen LogP contribution in [0.4, 0.5) is 11.4 Å². The van der Waals surface area contributed by atoms with Gasteiger partial charge in [-0.1, -0.05) is 62.4 Å². The Hall–Kier alpha value is -3.01. The summed E-state index contributed by atoms with van der Waals surface area (Å²) in [5.74, 6) is -0.190. The lowest BCUT2D eigenvalue weighted by Crippen LogP contribution is -2.30. The van der Waals surface area contributed by atoms with Crippen molar-refractivity contribution in [3.8, 4) is 0 Å². The second-order valence-electron chi connectivity index (χ2n) is 6.94. The van der Waals surface area contributed by atoms with Gasteiger partial charge in [0.1, 0.15) is 0 Å². The Bertz CT molecular complexity index is 943. The molecule has 0 amide bonds. The topological polar surface area (TPSA) is 51.0 Å². The lowest BCUT2D eigenvalue weighted by atomic mass is 9.77. The van der Waals surface area contributed by atoms with Gasteiger partial charge in [-0.05, 0) is 48.6 Å². The molecular weight excluding hydrogens is 348 g/mol. The molecule has 0 aliphatic heterocycles. The number of azo groups is 1. The fourth-order valence-electron chi connectivity index (χ4n) is 3.39. The Labute approximate surface area is 166 Å². The lowest BCUT2D eigenvalue weighted by Gasteiger charge is -2.28. The van der Waals surface area contributed by atoms with Gasteiger partial charge in [0.25, 0.3) is 0 Å². The number of hydrogen-bond acceptors (Lipinski definition) is 4. The van der Waals surface area contributed by atoms with E-state index in [2.05, 4.69) is 35.4 Å². The first-order valence-electron chi connectivity index (χ1n) is 9.69. The average molecular weight is 374 g/mol. The van der Waals surface area contributed by atoms with E-state index in [9.17, 15) is 4.79 Å². The maximum absolute atomic E-state index is 12.2. The molecule has 0 saturated carbocycles. The van der Waals surface area contributed by atoms with E-state index in [1.54, 1.807) is 0 Å². The zero-order chi connectivity index (χ0) is 20.0. The Morgan fingerprint density at radius 3 is 2.61 bits per heavy atom. The summed E-state index contributed by atoms with van der Waals surface area (Å²) in [5, 5.41) is 8.92. The number of aryl methyl sites for hydroxylation is 1. The number of carbonyl (C=O) groups is 1. The fraction of sp³-hybridized carbons (Fsp3) is 0.292. The predicted molar refractivity (Wildman–Crippen MR) is 113 cm³/mol. The van der Waals surface area contributed by atoms with E-state index < -0.39 is 5.41 Å². The van der Waals surface area contributed by atoms with Gasteiger partial charge in [-0.2, -0.15) is 5.11 Å². The molecule has 0 radical (unpaired) electrons. The van der Waals surface area contributed by atoms with Gasteiger partial charge in [0.05, 0.1) is 23.9 Å². The summed E-state index contributed by atoms with van der Waals surface area (Å²) in [5.41, 5.74) is 4.37. The van der Waals surface area contributed by atoms with Crippen LogP contribution in [0.5, 0.6) is 0 Å². The predicted octanol–water partition coefficient (Wildman–Crippen LogP) is 6.58. The molecule has 144 valence electrons. The summed E-state index contributed by atoms with van der Waals surface area (Å²) in [7, 11) is 1.44. The maximum Gasteiger partial charge on any atom is 0.315 e. The minimum Gasteiger partial charge on any atom is -0.468 e. The fourth-order valence-corrected chi connectivity index (χ4v) is 3.39. The van der Waals surface area contributed by atoms with Crippen LogP contribution < -0.4 is 0 Å². The second kappa shape index (κ2) is 8.79. The van der Waals surface area contributed by atoms with E-state index in [4.69, 9.17) is 4.74 Å². The van der Waals surface area contributed by atoms with E-state index in [0.29, 0.717) is 12.8 Å². The number of ether oxygens (including phenoxy) is 1. The van der Waals surface area contributed by atoms with Crippen LogP contribution in [0.2, 0.25) is 0 Å². The third kappa shape index (κ3) is 4.11. The summed E-state index contributed by atoms with van der Waals surface area (Å²) in [6, 6.07) is 16.0. The first-order valence-corrected chi connectivity index (χ1v) is 9.69. The molecule has 0 fully saturated rings. The lowest BCUT2D eigenvalue weighted by molar-refractivity contribution is -0.149. The van der Waals surface area contributed by atoms with Crippen molar-refractivity contribution in [3.63, 3.8) is 0 Å². The van der Waals surface area contributed by atoms with Crippen LogP contribution in [-0.4, -0.2) is 13.1 Å². The molecule has 4 heteroatoms. The van der Waals surface area contributed by atoms with Crippen molar-refractivity contribution < 1.29 is 9.53 Å². The van der Waals surface area contributed by atoms with Crippen molar-refractivity contribution in [1.82, 2.24) is 0 Å². The van der Waals surface area contributed by atoms with E-state index in [1.165, 1.54) is 12.7 Å². The summed E-state index contributed by atoms with van der Waals surface area (Å²) < 4.78 is 5.00. The van der Waals surface area contributed by atoms with Gasteiger partial charge in [0.2, 0.25) is 0 Å². The van der Waals surface area contributed by atoms with Gasteiger partial charge in [-0.15, -0.1) is 5.11 Å². The third-order valence-electron chi connectivity index (χ3n) is 5.30. The van der Waals surface area contributed by atoms with E-state index in [0.717, 1.165) is 28.9 Å². The number of hydrogen-bond donors (Lipinski definition) is 0. The van der Waals surface area contributed by atoms with Crippen molar-refractivity contribution in [2.45, 2.75) is 33.1 Å². The van der Waals surface area contributed by atoms with Crippen molar-refractivity contribution in [2.75, 3.05) is 7.11 Å². The zero-order valence-electron chi connectivity index (χ0n) is 16.7. The number of rotatable bonds is 6. The smallest absolute Gasteiger partial charge is 0.315 e. The Kier molecular flexibility index (Phi) is 6.19. The molecule has 1 unspecified atom stereocenters. The van der Waals surface area contributed by atoms with E-state index in [1.807, 2.05) is 55.5 Å². The van der Waals surface area contributed by atoms with E-state index in [-0.39, 0.29) is 5.97 Å². The average Bonchev–Trinajstić information content (AvgIpc) is 2.77. The van der Waals surface area contributed by atoms with Crippen molar-refractivity contribution in [1.29, 1.82) is 0 Å². The highest BCUT2D eigenvalue weighted by Gasteiger charge is 2.36. The van der Waals surface area contributed by atoms with Crippen molar-refractivity contribution >= 4 is 22.9 Å².